The monoisotopic (exact) mass is 348 g/mol. The van der Waals surface area contributed by atoms with Gasteiger partial charge in [-0.2, -0.15) is 0 Å². The van der Waals surface area contributed by atoms with Crippen molar-refractivity contribution < 1.29 is 9.18 Å². The lowest BCUT2D eigenvalue weighted by Gasteiger charge is -2.30. The summed E-state index contributed by atoms with van der Waals surface area (Å²) in [7, 11) is 0. The fourth-order valence-corrected chi connectivity index (χ4v) is 3.13. The molecule has 3 nitrogen and oxygen atoms in total. The Hall–Kier alpha value is -1.88. The van der Waals surface area contributed by atoms with Crippen LogP contribution in [0.1, 0.15) is 22.3 Å². The second kappa shape index (κ2) is 5.48. The maximum Gasteiger partial charge on any atom is 0.259 e. The molecule has 1 amide bonds. The van der Waals surface area contributed by atoms with E-state index >= 15 is 0 Å². The summed E-state index contributed by atoms with van der Waals surface area (Å²) in [6, 6.07) is 9.73. The molecule has 3 rings (SSSR count). The van der Waals surface area contributed by atoms with Gasteiger partial charge in [0, 0.05) is 22.4 Å². The molecule has 2 aromatic carbocycles. The van der Waals surface area contributed by atoms with Crippen molar-refractivity contribution in [2.75, 3.05) is 17.2 Å². The number of nitrogen functional groups attached to an aromatic ring is 1. The number of anilines is 2. The van der Waals surface area contributed by atoms with Crippen LogP contribution in [0.4, 0.5) is 15.8 Å². The van der Waals surface area contributed by atoms with Crippen molar-refractivity contribution >= 4 is 33.2 Å². The number of nitrogens with zero attached hydrogens (tertiary/aromatic N) is 1. The number of aryl methyl sites for hydroxylation is 1. The van der Waals surface area contributed by atoms with Crippen LogP contribution in [-0.2, 0) is 6.42 Å². The molecule has 0 fully saturated rings. The van der Waals surface area contributed by atoms with Crippen molar-refractivity contribution in [2.45, 2.75) is 12.8 Å². The van der Waals surface area contributed by atoms with Gasteiger partial charge in [-0.05, 0) is 64.7 Å². The number of amides is 1. The molecule has 0 saturated heterocycles. The lowest BCUT2D eigenvalue weighted by molar-refractivity contribution is 0.0984. The second-order valence-corrected chi connectivity index (χ2v) is 5.93. The summed E-state index contributed by atoms with van der Waals surface area (Å²) in [6.07, 6.45) is 1.84. The molecule has 21 heavy (non-hydrogen) atoms. The van der Waals surface area contributed by atoms with E-state index in [1.165, 1.54) is 18.2 Å². The summed E-state index contributed by atoms with van der Waals surface area (Å²) >= 11 is 3.26. The standard InChI is InChI=1S/C16H14BrFN2O/c17-14-8-11(18)4-6-13(14)16(21)20-7-1-2-10-3-5-12(19)9-15(10)20/h3-6,8-9H,1-2,7,19H2. The average molecular weight is 349 g/mol. The van der Waals surface area contributed by atoms with Gasteiger partial charge in [0.2, 0.25) is 0 Å². The van der Waals surface area contributed by atoms with Crippen molar-refractivity contribution in [1.29, 1.82) is 0 Å². The van der Waals surface area contributed by atoms with Crippen molar-refractivity contribution in [2.24, 2.45) is 0 Å². The quantitative estimate of drug-likeness (QED) is 0.797. The average Bonchev–Trinajstić information content (AvgIpc) is 2.46. The molecular formula is C16H14BrFN2O. The summed E-state index contributed by atoms with van der Waals surface area (Å²) in [6.45, 7) is 0.638. The van der Waals surface area contributed by atoms with Crippen molar-refractivity contribution in [3.63, 3.8) is 0 Å². The Bertz CT molecular complexity index is 717. The molecule has 0 radical (unpaired) electrons. The molecule has 0 atom stereocenters. The minimum atomic E-state index is -0.373. The number of fused-ring (bicyclic) bond motifs is 1. The van der Waals surface area contributed by atoms with Crippen molar-refractivity contribution in [3.8, 4) is 0 Å². The normalized spacial score (nSPS) is 13.9. The Morgan fingerprint density at radius 1 is 1.24 bits per heavy atom. The van der Waals surface area contributed by atoms with E-state index in [-0.39, 0.29) is 11.7 Å². The maximum atomic E-state index is 13.2. The summed E-state index contributed by atoms with van der Waals surface area (Å²) < 4.78 is 13.6. The Morgan fingerprint density at radius 2 is 2.05 bits per heavy atom. The lowest BCUT2D eigenvalue weighted by atomic mass is 10.00. The molecule has 0 aromatic heterocycles. The Kier molecular flexibility index (Phi) is 3.68. The van der Waals surface area contributed by atoms with E-state index < -0.39 is 0 Å². The molecule has 2 aromatic rings. The van der Waals surface area contributed by atoms with Crippen LogP contribution in [0.15, 0.2) is 40.9 Å². The number of rotatable bonds is 1. The van der Waals surface area contributed by atoms with Gasteiger partial charge in [-0.1, -0.05) is 6.07 Å². The zero-order valence-corrected chi connectivity index (χ0v) is 12.9. The number of nitrogens with two attached hydrogens (primary N) is 1. The van der Waals surface area contributed by atoms with Gasteiger partial charge in [0.25, 0.3) is 5.91 Å². The van der Waals surface area contributed by atoms with Crippen LogP contribution < -0.4 is 10.6 Å². The third kappa shape index (κ3) is 2.65. The van der Waals surface area contributed by atoms with Crippen molar-refractivity contribution in [1.82, 2.24) is 0 Å². The Morgan fingerprint density at radius 3 is 2.81 bits per heavy atom. The Labute approximate surface area is 130 Å². The third-order valence-electron chi connectivity index (χ3n) is 3.63. The van der Waals surface area contributed by atoms with Crippen LogP contribution in [-0.4, -0.2) is 12.5 Å². The first-order valence-electron chi connectivity index (χ1n) is 6.71. The molecule has 0 unspecified atom stereocenters. The Balaban J connectivity index is 2.02. The van der Waals surface area contributed by atoms with E-state index in [1.807, 2.05) is 18.2 Å². The van der Waals surface area contributed by atoms with Crippen LogP contribution >= 0.6 is 15.9 Å². The van der Waals surface area contributed by atoms with Gasteiger partial charge in [0.15, 0.2) is 0 Å². The molecule has 1 aliphatic rings. The molecule has 1 heterocycles. The van der Waals surface area contributed by atoms with Crippen LogP contribution in [0, 0.1) is 5.82 Å². The summed E-state index contributed by atoms with van der Waals surface area (Å²) in [5.41, 5.74) is 8.88. The maximum absolute atomic E-state index is 13.2. The minimum Gasteiger partial charge on any atom is -0.399 e. The van der Waals surface area contributed by atoms with Crippen LogP contribution in [0.2, 0.25) is 0 Å². The van der Waals surface area contributed by atoms with E-state index in [1.54, 1.807) is 4.90 Å². The number of halogens is 2. The van der Waals surface area contributed by atoms with Gasteiger partial charge >= 0.3 is 0 Å². The highest BCUT2D eigenvalue weighted by Gasteiger charge is 2.25. The minimum absolute atomic E-state index is 0.145. The van der Waals surface area contributed by atoms with Gasteiger partial charge in [-0.15, -0.1) is 0 Å². The third-order valence-corrected chi connectivity index (χ3v) is 4.29. The molecular weight excluding hydrogens is 335 g/mol. The summed E-state index contributed by atoms with van der Waals surface area (Å²) in [5.74, 6) is -0.518. The smallest absolute Gasteiger partial charge is 0.259 e. The van der Waals surface area contributed by atoms with Gasteiger partial charge < -0.3 is 10.6 Å². The number of carbonyl (C=O) groups excluding carboxylic acids is 1. The van der Waals surface area contributed by atoms with Gasteiger partial charge in [0.05, 0.1) is 5.56 Å². The van der Waals surface area contributed by atoms with Gasteiger partial charge in [0.1, 0.15) is 5.82 Å². The van der Waals surface area contributed by atoms with Gasteiger partial charge in [-0.25, -0.2) is 4.39 Å². The largest absolute Gasteiger partial charge is 0.399 e. The number of carbonyl (C=O) groups is 1. The van der Waals surface area contributed by atoms with Crippen LogP contribution in [0.5, 0.6) is 0 Å². The molecule has 0 aliphatic carbocycles. The first-order valence-corrected chi connectivity index (χ1v) is 7.51. The molecule has 5 heteroatoms. The SMILES string of the molecule is Nc1ccc2c(c1)N(C(=O)c1ccc(F)cc1Br)CCC2. The van der Waals surface area contributed by atoms with Crippen molar-refractivity contribution in [3.05, 3.63) is 57.8 Å². The van der Waals surface area contributed by atoms with Crippen LogP contribution in [0.3, 0.4) is 0 Å². The molecule has 0 saturated carbocycles. The van der Waals surface area contributed by atoms with E-state index in [2.05, 4.69) is 15.9 Å². The highest BCUT2D eigenvalue weighted by Crippen LogP contribution is 2.31. The summed E-state index contributed by atoms with van der Waals surface area (Å²) in [4.78, 5) is 14.5. The highest BCUT2D eigenvalue weighted by molar-refractivity contribution is 9.10. The highest BCUT2D eigenvalue weighted by atomic mass is 79.9. The molecule has 1 aliphatic heterocycles. The topological polar surface area (TPSA) is 46.3 Å². The number of benzene rings is 2. The first-order chi connectivity index (χ1) is 10.1. The van der Waals surface area contributed by atoms with E-state index in [9.17, 15) is 9.18 Å². The molecule has 0 spiro atoms. The molecule has 2 N–H and O–H groups in total. The van der Waals surface area contributed by atoms with E-state index in [0.717, 1.165) is 24.1 Å². The summed E-state index contributed by atoms with van der Waals surface area (Å²) in [5, 5.41) is 0. The lowest BCUT2D eigenvalue weighted by Crippen LogP contribution is -2.35. The van der Waals surface area contributed by atoms with Gasteiger partial charge in [-0.3, -0.25) is 4.79 Å². The van der Waals surface area contributed by atoms with Crippen LogP contribution in [0.25, 0.3) is 0 Å². The first kappa shape index (κ1) is 14.1. The predicted octanol–water partition coefficient (Wildman–Crippen LogP) is 3.76. The van der Waals surface area contributed by atoms with E-state index in [0.29, 0.717) is 22.3 Å². The number of hydrogen-bond donors (Lipinski definition) is 1. The second-order valence-electron chi connectivity index (χ2n) is 5.07. The molecule has 108 valence electrons. The fraction of sp³-hybridized carbons (Fsp3) is 0.188. The predicted molar refractivity (Wildman–Crippen MR) is 85.0 cm³/mol. The zero-order chi connectivity index (χ0) is 15.0. The van der Waals surface area contributed by atoms with E-state index in [4.69, 9.17) is 5.73 Å². The zero-order valence-electron chi connectivity index (χ0n) is 11.3. The molecule has 0 bridgehead atoms. The number of hydrogen-bond acceptors (Lipinski definition) is 2. The fourth-order valence-electron chi connectivity index (χ4n) is 2.61.